The minimum atomic E-state index is -0.0126. The van der Waals surface area contributed by atoms with E-state index in [0.29, 0.717) is 24.2 Å². The third-order valence-corrected chi connectivity index (χ3v) is 5.85. The number of carbonyl (C=O) groups excluding carboxylic acids is 1. The van der Waals surface area contributed by atoms with Gasteiger partial charge >= 0.3 is 5.97 Å². The van der Waals surface area contributed by atoms with Crippen LogP contribution in [-0.2, 0) is 9.53 Å². The van der Waals surface area contributed by atoms with Crippen molar-refractivity contribution in [3.8, 4) is 0 Å². The van der Waals surface area contributed by atoms with Crippen LogP contribution in [0.15, 0.2) is 12.2 Å². The van der Waals surface area contributed by atoms with Gasteiger partial charge in [0, 0.05) is 17.9 Å². The SMILES string of the molecule is CC1CC(N)CC(C)(C)C1OC(=O)CC1CC2C=CC1C2. The van der Waals surface area contributed by atoms with Gasteiger partial charge in [0.25, 0.3) is 0 Å². The predicted molar refractivity (Wildman–Crippen MR) is 83.5 cm³/mol. The average Bonchev–Trinajstić information content (AvgIpc) is 2.95. The second-order valence-corrected chi connectivity index (χ2v) is 8.32. The molecule has 3 nitrogen and oxygen atoms in total. The molecule has 0 aromatic carbocycles. The first kappa shape index (κ1) is 15.1. The fourth-order valence-corrected chi connectivity index (χ4v) is 5.06. The molecule has 0 radical (unpaired) electrons. The van der Waals surface area contributed by atoms with E-state index in [0.717, 1.165) is 18.8 Å². The first-order valence-corrected chi connectivity index (χ1v) is 8.48. The van der Waals surface area contributed by atoms with E-state index in [1.54, 1.807) is 0 Å². The van der Waals surface area contributed by atoms with E-state index in [4.69, 9.17) is 10.5 Å². The number of esters is 1. The minimum absolute atomic E-state index is 0.00125. The van der Waals surface area contributed by atoms with E-state index < -0.39 is 0 Å². The topological polar surface area (TPSA) is 52.3 Å². The maximum Gasteiger partial charge on any atom is 0.306 e. The molecule has 0 heterocycles. The van der Waals surface area contributed by atoms with Gasteiger partial charge in [-0.2, -0.15) is 0 Å². The molecule has 2 bridgehead atoms. The minimum Gasteiger partial charge on any atom is -0.461 e. The highest BCUT2D eigenvalue weighted by molar-refractivity contribution is 5.70. The van der Waals surface area contributed by atoms with Crippen molar-refractivity contribution in [2.24, 2.45) is 34.8 Å². The van der Waals surface area contributed by atoms with Gasteiger partial charge < -0.3 is 10.5 Å². The van der Waals surface area contributed by atoms with Gasteiger partial charge in [0.15, 0.2) is 0 Å². The first-order valence-electron chi connectivity index (χ1n) is 8.48. The van der Waals surface area contributed by atoms with E-state index in [1.807, 2.05) is 0 Å². The lowest BCUT2D eigenvalue weighted by atomic mass is 9.68. The number of ether oxygens (including phenoxy) is 1. The summed E-state index contributed by atoms with van der Waals surface area (Å²) in [6, 6.07) is 0.237. The van der Waals surface area contributed by atoms with Crippen LogP contribution in [-0.4, -0.2) is 18.1 Å². The molecule has 0 amide bonds. The molecular formula is C18H29NO2. The Morgan fingerprint density at radius 1 is 1.29 bits per heavy atom. The van der Waals surface area contributed by atoms with Crippen molar-refractivity contribution in [2.75, 3.05) is 0 Å². The molecule has 3 aliphatic carbocycles. The third-order valence-electron chi connectivity index (χ3n) is 5.85. The van der Waals surface area contributed by atoms with Crippen LogP contribution in [0.5, 0.6) is 0 Å². The van der Waals surface area contributed by atoms with Crippen LogP contribution in [0, 0.1) is 29.1 Å². The Kier molecular flexibility index (Phi) is 3.89. The van der Waals surface area contributed by atoms with Gasteiger partial charge in [0.05, 0.1) is 0 Å². The summed E-state index contributed by atoms with van der Waals surface area (Å²) in [7, 11) is 0. The summed E-state index contributed by atoms with van der Waals surface area (Å²) in [6.07, 6.45) is 9.54. The number of carbonyl (C=O) groups is 1. The Morgan fingerprint density at radius 2 is 2.05 bits per heavy atom. The third kappa shape index (κ3) is 3.03. The number of allylic oxidation sites excluding steroid dienone is 2. The summed E-state index contributed by atoms with van der Waals surface area (Å²) < 4.78 is 5.92. The molecule has 6 unspecified atom stereocenters. The smallest absolute Gasteiger partial charge is 0.306 e. The van der Waals surface area contributed by atoms with Crippen molar-refractivity contribution in [2.45, 2.75) is 65.0 Å². The maximum atomic E-state index is 12.4. The molecule has 2 fully saturated rings. The normalized spacial score (nSPS) is 44.0. The first-order chi connectivity index (χ1) is 9.85. The molecule has 0 aromatic rings. The summed E-state index contributed by atoms with van der Waals surface area (Å²) >= 11 is 0. The van der Waals surface area contributed by atoms with Crippen molar-refractivity contribution in [3.63, 3.8) is 0 Å². The van der Waals surface area contributed by atoms with Crippen LogP contribution in [0.4, 0.5) is 0 Å². The highest BCUT2D eigenvalue weighted by Gasteiger charge is 2.43. The van der Waals surface area contributed by atoms with Crippen LogP contribution in [0.3, 0.4) is 0 Å². The van der Waals surface area contributed by atoms with Gasteiger partial charge in [0.1, 0.15) is 6.10 Å². The monoisotopic (exact) mass is 291 g/mol. The van der Waals surface area contributed by atoms with Crippen LogP contribution in [0.1, 0.15) is 52.9 Å². The van der Waals surface area contributed by atoms with E-state index in [9.17, 15) is 4.79 Å². The molecule has 3 rings (SSSR count). The molecule has 0 saturated heterocycles. The molecule has 21 heavy (non-hydrogen) atoms. The highest BCUT2D eigenvalue weighted by Crippen LogP contribution is 2.46. The van der Waals surface area contributed by atoms with Gasteiger partial charge in [-0.1, -0.05) is 32.9 Å². The van der Waals surface area contributed by atoms with Gasteiger partial charge in [-0.25, -0.2) is 0 Å². The summed E-state index contributed by atoms with van der Waals surface area (Å²) in [5.74, 6) is 2.20. The Labute approximate surface area is 128 Å². The van der Waals surface area contributed by atoms with Gasteiger partial charge in [0.2, 0.25) is 0 Å². The molecular weight excluding hydrogens is 262 g/mol. The average molecular weight is 291 g/mol. The zero-order chi connectivity index (χ0) is 15.2. The zero-order valence-electron chi connectivity index (χ0n) is 13.5. The van der Waals surface area contributed by atoms with Crippen LogP contribution in [0.2, 0.25) is 0 Å². The Morgan fingerprint density at radius 3 is 2.62 bits per heavy atom. The number of fused-ring (bicyclic) bond motifs is 2. The molecule has 118 valence electrons. The van der Waals surface area contributed by atoms with E-state index in [-0.39, 0.29) is 23.5 Å². The van der Waals surface area contributed by atoms with E-state index in [1.165, 1.54) is 12.8 Å². The highest BCUT2D eigenvalue weighted by atomic mass is 16.5. The summed E-state index contributed by atoms with van der Waals surface area (Å²) in [5, 5.41) is 0. The second kappa shape index (κ2) is 5.42. The largest absolute Gasteiger partial charge is 0.461 e. The van der Waals surface area contributed by atoms with E-state index >= 15 is 0 Å². The van der Waals surface area contributed by atoms with Gasteiger partial charge in [-0.05, 0) is 49.4 Å². The van der Waals surface area contributed by atoms with Crippen LogP contribution in [0.25, 0.3) is 0 Å². The number of nitrogens with two attached hydrogens (primary N) is 1. The summed E-state index contributed by atoms with van der Waals surface area (Å²) in [5.41, 5.74) is 6.11. The van der Waals surface area contributed by atoms with Crippen molar-refractivity contribution in [1.82, 2.24) is 0 Å². The Hall–Kier alpha value is -0.830. The second-order valence-electron chi connectivity index (χ2n) is 8.32. The van der Waals surface area contributed by atoms with Crippen LogP contribution < -0.4 is 5.73 Å². The van der Waals surface area contributed by atoms with E-state index in [2.05, 4.69) is 32.9 Å². The number of rotatable bonds is 3. The van der Waals surface area contributed by atoms with Crippen molar-refractivity contribution in [1.29, 1.82) is 0 Å². The zero-order valence-corrected chi connectivity index (χ0v) is 13.5. The number of hydrogen-bond acceptors (Lipinski definition) is 3. The molecule has 2 saturated carbocycles. The lowest BCUT2D eigenvalue weighted by molar-refractivity contribution is -0.164. The predicted octanol–water partition coefficient (Wildman–Crippen LogP) is 3.28. The van der Waals surface area contributed by atoms with Crippen molar-refractivity contribution < 1.29 is 9.53 Å². The fraction of sp³-hybridized carbons (Fsp3) is 0.833. The lowest BCUT2D eigenvalue weighted by Crippen LogP contribution is -2.49. The summed E-state index contributed by atoms with van der Waals surface area (Å²) in [6.45, 7) is 6.53. The van der Waals surface area contributed by atoms with Crippen molar-refractivity contribution >= 4 is 5.97 Å². The molecule has 0 aliphatic heterocycles. The lowest BCUT2D eigenvalue weighted by Gasteiger charge is -2.44. The summed E-state index contributed by atoms with van der Waals surface area (Å²) in [4.78, 5) is 12.4. The molecule has 2 N–H and O–H groups in total. The molecule has 3 aliphatic rings. The van der Waals surface area contributed by atoms with Crippen molar-refractivity contribution in [3.05, 3.63) is 12.2 Å². The van der Waals surface area contributed by atoms with Crippen LogP contribution >= 0.6 is 0 Å². The maximum absolute atomic E-state index is 12.4. The Balaban J connectivity index is 1.57. The van der Waals surface area contributed by atoms with Gasteiger partial charge in [-0.3, -0.25) is 4.79 Å². The molecule has 3 heteroatoms. The number of hydrogen-bond donors (Lipinski definition) is 1. The standard InChI is InChI=1S/C18H29NO2/c1-11-6-15(19)10-18(2,3)17(11)21-16(20)9-14-8-12-4-5-13(14)7-12/h4-5,11-15,17H,6-10,19H2,1-3H3. The fourth-order valence-electron chi connectivity index (χ4n) is 5.06. The Bertz CT molecular complexity index is 442. The van der Waals surface area contributed by atoms with Gasteiger partial charge in [-0.15, -0.1) is 0 Å². The quantitative estimate of drug-likeness (QED) is 0.641. The molecule has 6 atom stereocenters. The molecule has 0 spiro atoms. The molecule has 0 aromatic heterocycles.